The maximum Gasteiger partial charge on any atom is 0.322 e. The van der Waals surface area contributed by atoms with E-state index >= 15 is 0 Å². The third-order valence-electron chi connectivity index (χ3n) is 4.41. The van der Waals surface area contributed by atoms with Gasteiger partial charge < -0.3 is 10.2 Å². The van der Waals surface area contributed by atoms with Gasteiger partial charge in [-0.05, 0) is 41.8 Å². The van der Waals surface area contributed by atoms with E-state index in [-0.39, 0.29) is 17.7 Å². The summed E-state index contributed by atoms with van der Waals surface area (Å²) in [5.41, 5.74) is -0.284. The Morgan fingerprint density at radius 3 is 2.86 bits per heavy atom. The van der Waals surface area contributed by atoms with Gasteiger partial charge in [-0.2, -0.15) is 0 Å². The lowest BCUT2D eigenvalue weighted by Gasteiger charge is -2.39. The summed E-state index contributed by atoms with van der Waals surface area (Å²) in [7, 11) is 0. The summed E-state index contributed by atoms with van der Waals surface area (Å²) in [6, 6.07) is 1.35. The van der Waals surface area contributed by atoms with Crippen molar-refractivity contribution < 1.29 is 14.4 Å². The van der Waals surface area contributed by atoms with Crippen LogP contribution in [0.2, 0.25) is 0 Å². The van der Waals surface area contributed by atoms with Crippen LogP contribution in [0, 0.1) is 5.92 Å². The first kappa shape index (κ1) is 15.5. The molecule has 8 heteroatoms. The largest absolute Gasteiger partial charge is 0.338 e. The maximum absolute atomic E-state index is 12.5. The van der Waals surface area contributed by atoms with Gasteiger partial charge in [0.2, 0.25) is 0 Å². The van der Waals surface area contributed by atoms with Gasteiger partial charge in [0.05, 0.1) is 9.35 Å². The monoisotopic (exact) mass is 385 g/mol. The highest BCUT2D eigenvalue weighted by Crippen LogP contribution is 2.31. The van der Waals surface area contributed by atoms with E-state index in [1.165, 1.54) is 11.3 Å². The number of likely N-dealkylation sites (tertiary alicyclic amines) is 1. The van der Waals surface area contributed by atoms with Gasteiger partial charge >= 0.3 is 6.03 Å². The number of carbonyl (C=O) groups excluding carboxylic acids is 3. The van der Waals surface area contributed by atoms with E-state index in [0.29, 0.717) is 18.7 Å². The van der Waals surface area contributed by atoms with Crippen molar-refractivity contribution in [1.82, 2.24) is 15.5 Å². The molecular formula is C14H16BrN3O3S. The molecule has 3 rings (SSSR count). The van der Waals surface area contributed by atoms with E-state index in [2.05, 4.69) is 26.6 Å². The number of carbonyl (C=O) groups is 3. The van der Waals surface area contributed by atoms with Crippen molar-refractivity contribution in [2.45, 2.75) is 25.3 Å². The van der Waals surface area contributed by atoms with Gasteiger partial charge in [-0.1, -0.05) is 0 Å². The number of amides is 4. The molecule has 2 atom stereocenters. The Hall–Kier alpha value is -1.41. The lowest BCUT2D eigenvalue weighted by molar-refractivity contribution is -0.125. The summed E-state index contributed by atoms with van der Waals surface area (Å²) < 4.78 is 0.916. The van der Waals surface area contributed by atoms with E-state index in [4.69, 9.17) is 0 Å². The summed E-state index contributed by atoms with van der Waals surface area (Å²) in [5.74, 6) is -0.422. The van der Waals surface area contributed by atoms with Gasteiger partial charge in [-0.25, -0.2) is 4.79 Å². The average molecular weight is 386 g/mol. The molecule has 3 heterocycles. The molecule has 4 amide bonds. The van der Waals surface area contributed by atoms with Crippen molar-refractivity contribution in [3.8, 4) is 0 Å². The molecule has 0 spiro atoms. The molecule has 0 radical (unpaired) electrons. The molecule has 118 valence electrons. The van der Waals surface area contributed by atoms with Crippen LogP contribution in [0.5, 0.6) is 0 Å². The molecule has 2 saturated heterocycles. The van der Waals surface area contributed by atoms with Gasteiger partial charge in [0.15, 0.2) is 0 Å². The quantitative estimate of drug-likeness (QED) is 0.763. The number of rotatable bonds is 2. The molecule has 1 aromatic heterocycles. The second-order valence-electron chi connectivity index (χ2n) is 5.84. The molecule has 6 nitrogen and oxygen atoms in total. The van der Waals surface area contributed by atoms with Crippen LogP contribution < -0.4 is 10.6 Å². The molecule has 1 aromatic rings. The van der Waals surface area contributed by atoms with Crippen LogP contribution in [0.25, 0.3) is 0 Å². The summed E-state index contributed by atoms with van der Waals surface area (Å²) in [6.45, 7) is 2.87. The summed E-state index contributed by atoms with van der Waals surface area (Å²) in [4.78, 5) is 37.8. The molecule has 22 heavy (non-hydrogen) atoms. The molecule has 0 bridgehead atoms. The number of thiophene rings is 1. The Morgan fingerprint density at radius 2 is 2.27 bits per heavy atom. The molecule has 0 saturated carbocycles. The fourth-order valence-corrected chi connectivity index (χ4v) is 4.21. The number of urea groups is 1. The second kappa shape index (κ2) is 5.66. The van der Waals surface area contributed by atoms with Crippen LogP contribution in [-0.4, -0.2) is 41.4 Å². The third-order valence-corrected chi connectivity index (χ3v) is 5.92. The number of imide groups is 1. The predicted octanol–water partition coefficient (Wildman–Crippen LogP) is 1.96. The smallest absolute Gasteiger partial charge is 0.322 e. The average Bonchev–Trinajstić information content (AvgIpc) is 3.03. The van der Waals surface area contributed by atoms with Crippen molar-refractivity contribution in [3.05, 3.63) is 20.8 Å². The highest BCUT2D eigenvalue weighted by molar-refractivity contribution is 9.11. The Kier molecular flexibility index (Phi) is 3.98. The Labute approximate surface area is 140 Å². The molecule has 0 aromatic carbocycles. The number of hydrogen-bond donors (Lipinski definition) is 2. The normalized spacial score (nSPS) is 28.5. The second-order valence-corrected chi connectivity index (χ2v) is 8.13. The minimum Gasteiger partial charge on any atom is -0.338 e. The summed E-state index contributed by atoms with van der Waals surface area (Å²) in [6.07, 6.45) is 1.63. The van der Waals surface area contributed by atoms with Crippen LogP contribution in [0.15, 0.2) is 15.2 Å². The van der Waals surface area contributed by atoms with E-state index in [1.54, 1.807) is 11.8 Å². The van der Waals surface area contributed by atoms with Crippen molar-refractivity contribution >= 4 is 45.1 Å². The van der Waals surface area contributed by atoms with Gasteiger partial charge in [-0.15, -0.1) is 11.3 Å². The number of hydrogen-bond acceptors (Lipinski definition) is 4. The number of piperidine rings is 1. The fraction of sp³-hybridized carbons (Fsp3) is 0.500. The Bertz CT molecular complexity index is 647. The van der Waals surface area contributed by atoms with E-state index in [1.807, 2.05) is 11.4 Å². The van der Waals surface area contributed by atoms with Crippen molar-refractivity contribution in [3.63, 3.8) is 0 Å². The van der Waals surface area contributed by atoms with Crippen molar-refractivity contribution in [2.24, 2.45) is 5.92 Å². The molecule has 2 aliphatic heterocycles. The van der Waals surface area contributed by atoms with Gasteiger partial charge in [-0.3, -0.25) is 14.9 Å². The van der Waals surface area contributed by atoms with Crippen LogP contribution >= 0.6 is 27.3 Å². The minimum absolute atomic E-state index is 0.0278. The topological polar surface area (TPSA) is 78.5 Å². The Morgan fingerprint density at radius 1 is 1.50 bits per heavy atom. The first-order valence-electron chi connectivity index (χ1n) is 7.07. The summed E-state index contributed by atoms with van der Waals surface area (Å²) >= 11 is 4.83. The zero-order valence-corrected chi connectivity index (χ0v) is 14.4. The Balaban J connectivity index is 1.76. The highest BCUT2D eigenvalue weighted by atomic mass is 79.9. The molecule has 2 N–H and O–H groups in total. The lowest BCUT2D eigenvalue weighted by Crippen LogP contribution is -2.56. The zero-order valence-electron chi connectivity index (χ0n) is 12.0. The highest BCUT2D eigenvalue weighted by Gasteiger charge is 2.49. The lowest BCUT2D eigenvalue weighted by atomic mass is 9.80. The SMILES string of the molecule is C[C@@]1([C@@H]2CCCN(C(=O)c3csc(Br)c3)C2)NC(=O)NC1=O. The standard InChI is InChI=1S/C14H16BrN3O3S/c1-14(12(20)16-13(21)17-14)9-3-2-4-18(6-9)11(19)8-5-10(15)22-7-8/h5,7,9H,2-4,6H2,1H3,(H2,16,17,20,21)/t9-,14+/m1/s1. The van der Waals surface area contributed by atoms with E-state index in [9.17, 15) is 14.4 Å². The maximum atomic E-state index is 12.5. The van der Waals surface area contributed by atoms with Gasteiger partial charge in [0, 0.05) is 24.4 Å². The van der Waals surface area contributed by atoms with E-state index < -0.39 is 11.6 Å². The van der Waals surface area contributed by atoms with Crippen LogP contribution in [-0.2, 0) is 4.79 Å². The first-order valence-corrected chi connectivity index (χ1v) is 8.74. The first-order chi connectivity index (χ1) is 10.4. The van der Waals surface area contributed by atoms with Gasteiger partial charge in [0.1, 0.15) is 5.54 Å². The molecular weight excluding hydrogens is 370 g/mol. The van der Waals surface area contributed by atoms with E-state index in [0.717, 1.165) is 16.6 Å². The fourth-order valence-electron chi connectivity index (χ4n) is 3.08. The van der Waals surface area contributed by atoms with Crippen LogP contribution in [0.3, 0.4) is 0 Å². The number of nitrogens with zero attached hydrogens (tertiary/aromatic N) is 1. The van der Waals surface area contributed by atoms with Crippen molar-refractivity contribution in [1.29, 1.82) is 0 Å². The molecule has 2 fully saturated rings. The van der Waals surface area contributed by atoms with Crippen LogP contribution in [0.4, 0.5) is 4.79 Å². The number of halogens is 1. The predicted molar refractivity (Wildman–Crippen MR) is 85.7 cm³/mol. The van der Waals surface area contributed by atoms with Crippen molar-refractivity contribution in [2.75, 3.05) is 13.1 Å². The number of nitrogens with one attached hydrogen (secondary N) is 2. The minimum atomic E-state index is -0.939. The van der Waals surface area contributed by atoms with Gasteiger partial charge in [0.25, 0.3) is 11.8 Å². The zero-order chi connectivity index (χ0) is 15.9. The molecule has 2 aliphatic rings. The van der Waals surface area contributed by atoms with Crippen LogP contribution in [0.1, 0.15) is 30.1 Å². The summed E-state index contributed by atoms with van der Waals surface area (Å²) in [5, 5.41) is 6.82. The third kappa shape index (κ3) is 2.65. The molecule has 0 unspecified atom stereocenters. The molecule has 0 aliphatic carbocycles.